The van der Waals surface area contributed by atoms with Gasteiger partial charge in [-0.1, -0.05) is 18.1 Å². The lowest BCUT2D eigenvalue weighted by atomic mass is 9.86. The first-order chi connectivity index (χ1) is 7.18. The van der Waals surface area contributed by atoms with Crippen molar-refractivity contribution in [2.45, 2.75) is 64.4 Å². The van der Waals surface area contributed by atoms with Gasteiger partial charge in [-0.2, -0.15) is 0 Å². The fourth-order valence-electron chi connectivity index (χ4n) is 2.53. The lowest BCUT2D eigenvalue weighted by molar-refractivity contribution is -0.0165. The summed E-state index contributed by atoms with van der Waals surface area (Å²) in [4.78, 5) is 0. The maximum absolute atomic E-state index is 6.18. The molecule has 0 unspecified atom stereocenters. The summed E-state index contributed by atoms with van der Waals surface area (Å²) in [6, 6.07) is 0. The molecule has 2 aliphatic carbocycles. The van der Waals surface area contributed by atoms with Crippen LogP contribution in [0.4, 0.5) is 0 Å². The van der Waals surface area contributed by atoms with Crippen LogP contribution in [0.3, 0.4) is 0 Å². The average Bonchev–Trinajstić information content (AvgIpc) is 2.22. The van der Waals surface area contributed by atoms with Crippen LogP contribution in [0.2, 0.25) is 0 Å². The van der Waals surface area contributed by atoms with Crippen LogP contribution in [0.1, 0.15) is 58.8 Å². The third-order valence-corrected chi connectivity index (χ3v) is 3.61. The minimum atomic E-state index is 0.128. The fraction of sp³-hybridized carbons (Fsp3) is 0.714. The van der Waals surface area contributed by atoms with E-state index in [1.165, 1.54) is 49.9 Å². The molecule has 0 aromatic rings. The third kappa shape index (κ3) is 2.87. The molecule has 1 fully saturated rings. The van der Waals surface area contributed by atoms with Crippen molar-refractivity contribution in [3.8, 4) is 0 Å². The topological polar surface area (TPSA) is 9.23 Å². The van der Waals surface area contributed by atoms with Crippen LogP contribution in [0.25, 0.3) is 0 Å². The first kappa shape index (κ1) is 10.8. The summed E-state index contributed by atoms with van der Waals surface area (Å²) in [5, 5.41) is 0. The molecule has 15 heavy (non-hydrogen) atoms. The maximum atomic E-state index is 6.18. The highest BCUT2D eigenvalue weighted by molar-refractivity contribution is 5.19. The van der Waals surface area contributed by atoms with Crippen molar-refractivity contribution in [3.05, 3.63) is 23.5 Å². The smallest absolute Gasteiger partial charge is 0.106 e. The van der Waals surface area contributed by atoms with Crippen LogP contribution in [0, 0.1) is 0 Å². The molecule has 2 aliphatic rings. The fourth-order valence-corrected chi connectivity index (χ4v) is 2.53. The van der Waals surface area contributed by atoms with E-state index in [2.05, 4.69) is 26.0 Å². The molecule has 0 aliphatic heterocycles. The van der Waals surface area contributed by atoms with Crippen molar-refractivity contribution in [1.29, 1.82) is 0 Å². The molecule has 1 nitrogen and oxygen atoms in total. The first-order valence-corrected chi connectivity index (χ1v) is 6.23. The van der Waals surface area contributed by atoms with Gasteiger partial charge in [0.15, 0.2) is 0 Å². The highest BCUT2D eigenvalue weighted by Crippen LogP contribution is 2.34. The molecule has 0 aromatic carbocycles. The Hall–Kier alpha value is -0.720. The highest BCUT2D eigenvalue weighted by Gasteiger charge is 2.29. The van der Waals surface area contributed by atoms with Gasteiger partial charge in [-0.15, -0.1) is 0 Å². The summed E-state index contributed by atoms with van der Waals surface area (Å²) < 4.78 is 6.18. The minimum absolute atomic E-state index is 0.128. The average molecular weight is 206 g/mol. The van der Waals surface area contributed by atoms with Crippen molar-refractivity contribution < 1.29 is 4.74 Å². The molecular formula is C14H22O. The normalized spacial score (nSPS) is 25.5. The van der Waals surface area contributed by atoms with E-state index in [9.17, 15) is 0 Å². The van der Waals surface area contributed by atoms with Crippen LogP contribution in [-0.2, 0) is 4.74 Å². The van der Waals surface area contributed by atoms with Gasteiger partial charge in [-0.25, -0.2) is 0 Å². The standard InChI is InChI=1S/C14H22O/c1-12-6-8-13(9-7-12)15-14(2)10-4-3-5-11-14/h6,8H,3-5,7,9-11H2,1-2H3. The van der Waals surface area contributed by atoms with Crippen molar-refractivity contribution in [3.63, 3.8) is 0 Å². The van der Waals surface area contributed by atoms with Gasteiger partial charge in [0, 0.05) is 6.42 Å². The number of hydrogen-bond acceptors (Lipinski definition) is 1. The lowest BCUT2D eigenvalue weighted by Gasteiger charge is -2.35. The number of rotatable bonds is 2. The Morgan fingerprint density at radius 2 is 1.80 bits per heavy atom. The molecule has 1 heteroatoms. The summed E-state index contributed by atoms with van der Waals surface area (Å²) in [6.07, 6.45) is 13.1. The van der Waals surface area contributed by atoms with E-state index in [-0.39, 0.29) is 5.60 Å². The quantitative estimate of drug-likeness (QED) is 0.652. The molecule has 1 saturated carbocycles. The van der Waals surface area contributed by atoms with Crippen LogP contribution in [0.5, 0.6) is 0 Å². The van der Waals surface area contributed by atoms with Crippen LogP contribution < -0.4 is 0 Å². The molecule has 0 atom stereocenters. The van der Waals surface area contributed by atoms with Crippen molar-refractivity contribution in [1.82, 2.24) is 0 Å². The van der Waals surface area contributed by atoms with Gasteiger partial charge in [0.2, 0.25) is 0 Å². The van der Waals surface area contributed by atoms with E-state index in [0.29, 0.717) is 0 Å². The summed E-state index contributed by atoms with van der Waals surface area (Å²) >= 11 is 0. The Labute approximate surface area is 93.2 Å². The Balaban J connectivity index is 1.96. The highest BCUT2D eigenvalue weighted by atomic mass is 16.5. The largest absolute Gasteiger partial charge is 0.492 e. The van der Waals surface area contributed by atoms with E-state index < -0.39 is 0 Å². The van der Waals surface area contributed by atoms with Gasteiger partial charge in [0.1, 0.15) is 5.60 Å². The second-order valence-electron chi connectivity index (χ2n) is 5.26. The van der Waals surface area contributed by atoms with E-state index in [1.54, 1.807) is 0 Å². The molecule has 84 valence electrons. The zero-order valence-corrected chi connectivity index (χ0v) is 10.0. The Kier molecular flexibility index (Phi) is 3.18. The van der Waals surface area contributed by atoms with E-state index in [1.807, 2.05) is 0 Å². The number of hydrogen-bond donors (Lipinski definition) is 0. The summed E-state index contributed by atoms with van der Waals surface area (Å²) in [7, 11) is 0. The first-order valence-electron chi connectivity index (χ1n) is 6.23. The van der Waals surface area contributed by atoms with Gasteiger partial charge >= 0.3 is 0 Å². The molecule has 2 rings (SSSR count). The lowest BCUT2D eigenvalue weighted by Crippen LogP contribution is -2.31. The van der Waals surface area contributed by atoms with Crippen LogP contribution >= 0.6 is 0 Å². The minimum Gasteiger partial charge on any atom is -0.492 e. The zero-order valence-electron chi connectivity index (χ0n) is 10.0. The number of allylic oxidation sites excluding steroid dienone is 4. The Morgan fingerprint density at radius 1 is 1.07 bits per heavy atom. The van der Waals surface area contributed by atoms with Crippen LogP contribution in [-0.4, -0.2) is 5.60 Å². The predicted octanol–water partition coefficient (Wildman–Crippen LogP) is 4.35. The second kappa shape index (κ2) is 4.42. The predicted molar refractivity (Wildman–Crippen MR) is 63.6 cm³/mol. The molecule has 0 N–H and O–H groups in total. The van der Waals surface area contributed by atoms with Crippen molar-refractivity contribution in [2.75, 3.05) is 0 Å². The van der Waals surface area contributed by atoms with E-state index >= 15 is 0 Å². The monoisotopic (exact) mass is 206 g/mol. The number of ether oxygens (including phenoxy) is 1. The summed E-state index contributed by atoms with van der Waals surface area (Å²) in [5.41, 5.74) is 1.60. The van der Waals surface area contributed by atoms with E-state index in [4.69, 9.17) is 4.74 Å². The van der Waals surface area contributed by atoms with Gasteiger partial charge in [0.25, 0.3) is 0 Å². The summed E-state index contributed by atoms with van der Waals surface area (Å²) in [6.45, 7) is 4.47. The molecule has 0 saturated heterocycles. The Morgan fingerprint density at radius 3 is 2.40 bits per heavy atom. The third-order valence-electron chi connectivity index (χ3n) is 3.61. The molecule has 0 radical (unpaired) electrons. The molecular weight excluding hydrogens is 184 g/mol. The van der Waals surface area contributed by atoms with Gasteiger partial charge in [-0.05, 0) is 52.0 Å². The Bertz CT molecular complexity index is 280. The van der Waals surface area contributed by atoms with Gasteiger partial charge < -0.3 is 4.74 Å². The zero-order chi connectivity index (χ0) is 10.7. The van der Waals surface area contributed by atoms with Gasteiger partial charge in [0.05, 0.1) is 5.76 Å². The SMILES string of the molecule is CC1=CC=C(OC2(C)CCCCC2)CC1. The van der Waals surface area contributed by atoms with Crippen molar-refractivity contribution >= 4 is 0 Å². The molecule has 0 spiro atoms. The molecule has 0 bridgehead atoms. The summed E-state index contributed by atoms with van der Waals surface area (Å²) in [5.74, 6) is 1.20. The van der Waals surface area contributed by atoms with E-state index in [0.717, 1.165) is 6.42 Å². The molecule has 0 heterocycles. The van der Waals surface area contributed by atoms with Gasteiger partial charge in [-0.3, -0.25) is 0 Å². The second-order valence-corrected chi connectivity index (χ2v) is 5.26. The maximum Gasteiger partial charge on any atom is 0.106 e. The molecule has 0 aromatic heterocycles. The molecule has 0 amide bonds. The van der Waals surface area contributed by atoms with Crippen molar-refractivity contribution in [2.24, 2.45) is 0 Å². The van der Waals surface area contributed by atoms with Crippen LogP contribution in [0.15, 0.2) is 23.5 Å².